The third kappa shape index (κ3) is 9.86. The fourth-order valence-electron chi connectivity index (χ4n) is 5.08. The Morgan fingerprint density at radius 1 is 0.513 bits per heavy atom. The Labute approximate surface area is 250 Å². The average Bonchev–Trinajstić information content (AvgIpc) is 2.78. The standard InChI is InChI=1S/C36H57O2.Al/c1-14-15-16-17-18-25-30(37-31-26(33(2,3)4)21-19-22-27(31)34(5,6)7)38-32-28(35(8,9)10)23-20-24-29(32)36(11,12)13;/h19-24,30H,1,14-18,25H2,2-13H3;. The molecule has 0 saturated heterocycles. The number of para-hydroxylation sites is 2. The van der Waals surface area contributed by atoms with Crippen molar-refractivity contribution in [3.05, 3.63) is 58.7 Å². The van der Waals surface area contributed by atoms with Gasteiger partial charge in [0.15, 0.2) is 0 Å². The summed E-state index contributed by atoms with van der Waals surface area (Å²) >= 11 is 2.85. The van der Waals surface area contributed by atoms with Crippen molar-refractivity contribution in [1.29, 1.82) is 0 Å². The lowest BCUT2D eigenvalue weighted by Gasteiger charge is -2.34. The highest BCUT2D eigenvalue weighted by Crippen LogP contribution is 2.43. The number of hydrogen-bond donors (Lipinski definition) is 0. The van der Waals surface area contributed by atoms with Crippen LogP contribution in [0, 0.1) is 0 Å². The molecule has 2 nitrogen and oxygen atoms in total. The maximum absolute atomic E-state index is 7.07. The molecule has 216 valence electrons. The van der Waals surface area contributed by atoms with E-state index in [4.69, 9.17) is 9.47 Å². The van der Waals surface area contributed by atoms with Gasteiger partial charge in [-0.1, -0.05) is 145 Å². The van der Waals surface area contributed by atoms with Crippen LogP contribution in [0.5, 0.6) is 11.5 Å². The van der Waals surface area contributed by atoms with Crippen molar-refractivity contribution in [1.82, 2.24) is 0 Å². The van der Waals surface area contributed by atoms with E-state index < -0.39 is 0 Å². The van der Waals surface area contributed by atoms with Crippen LogP contribution in [-0.4, -0.2) is 22.6 Å². The first-order valence-corrected chi connectivity index (χ1v) is 16.0. The first kappa shape index (κ1) is 33.8. The van der Waals surface area contributed by atoms with E-state index in [0.717, 1.165) is 24.3 Å². The van der Waals surface area contributed by atoms with Crippen LogP contribution in [0.4, 0.5) is 0 Å². The van der Waals surface area contributed by atoms with Crippen molar-refractivity contribution in [2.75, 3.05) is 0 Å². The molecule has 0 amide bonds. The van der Waals surface area contributed by atoms with Gasteiger partial charge in [-0.2, -0.15) is 0 Å². The molecule has 2 aromatic carbocycles. The zero-order chi connectivity index (χ0) is 29.6. The molecule has 3 heteroatoms. The molecule has 0 aliphatic carbocycles. The lowest BCUT2D eigenvalue weighted by molar-refractivity contribution is -0.00732. The van der Waals surface area contributed by atoms with Gasteiger partial charge in [-0.25, -0.2) is 0 Å². The highest BCUT2D eigenvalue weighted by Gasteiger charge is 2.31. The molecule has 0 atom stereocenters. The summed E-state index contributed by atoms with van der Waals surface area (Å²) in [4.78, 5) is 0. The van der Waals surface area contributed by atoms with Gasteiger partial charge in [-0.3, -0.25) is 0 Å². The van der Waals surface area contributed by atoms with Gasteiger partial charge in [0, 0.05) is 6.42 Å². The molecule has 2 aromatic rings. The molecule has 0 spiro atoms. The van der Waals surface area contributed by atoms with Gasteiger partial charge in [0.2, 0.25) is 6.29 Å². The first-order valence-electron chi connectivity index (χ1n) is 15.2. The SMILES string of the molecule is CC(C)(C)c1cccc(C(C)(C)C)c1OC(CCCCCC[CH2][Al])Oc1c(C(C)(C)C)cccc1C(C)(C)C. The number of unbranched alkanes of at least 4 members (excludes halogenated alkanes) is 4. The van der Waals surface area contributed by atoms with E-state index in [1.165, 1.54) is 53.2 Å². The van der Waals surface area contributed by atoms with Crippen molar-refractivity contribution in [3.63, 3.8) is 0 Å². The van der Waals surface area contributed by atoms with E-state index in [2.05, 4.69) is 136 Å². The topological polar surface area (TPSA) is 18.5 Å². The molecular formula is C36H57AlO2. The lowest BCUT2D eigenvalue weighted by atomic mass is 9.79. The van der Waals surface area contributed by atoms with Gasteiger partial charge < -0.3 is 9.47 Å². The first-order chi connectivity index (χ1) is 17.9. The minimum Gasteiger partial charge on any atom is -0.454 e. The summed E-state index contributed by atoms with van der Waals surface area (Å²) in [7, 11) is 0. The number of ether oxygens (including phenoxy) is 2. The van der Waals surface area contributed by atoms with E-state index in [1.807, 2.05) is 0 Å². The quantitative estimate of drug-likeness (QED) is 0.158. The molecule has 0 aliphatic heterocycles. The maximum atomic E-state index is 7.07. The van der Waals surface area contributed by atoms with Gasteiger partial charge in [0.1, 0.15) is 27.8 Å². The molecule has 0 heterocycles. The summed E-state index contributed by atoms with van der Waals surface area (Å²) in [5.41, 5.74) is 4.79. The second-order valence-electron chi connectivity index (χ2n) is 15.4. The Bertz CT molecular complexity index is 900. The van der Waals surface area contributed by atoms with Crippen LogP contribution in [0.2, 0.25) is 5.28 Å². The molecule has 39 heavy (non-hydrogen) atoms. The Hall–Kier alpha value is -1.43. The van der Waals surface area contributed by atoms with Crippen molar-refractivity contribution >= 4 is 16.3 Å². The van der Waals surface area contributed by atoms with E-state index >= 15 is 0 Å². The zero-order valence-electron chi connectivity index (χ0n) is 27.4. The summed E-state index contributed by atoms with van der Waals surface area (Å²) in [6.45, 7) is 27.3. The van der Waals surface area contributed by atoms with Crippen LogP contribution in [0.1, 0.15) is 144 Å². The largest absolute Gasteiger partial charge is 0.454 e. The Kier molecular flexibility index (Phi) is 11.7. The molecule has 0 fully saturated rings. The third-order valence-corrected chi connectivity index (χ3v) is 7.81. The predicted octanol–water partition coefficient (Wildman–Crippen LogP) is 10.6. The molecule has 0 aromatic heterocycles. The van der Waals surface area contributed by atoms with E-state index in [-0.39, 0.29) is 27.9 Å². The molecule has 2 radical (unpaired) electrons. The summed E-state index contributed by atoms with van der Waals surface area (Å²) in [6, 6.07) is 13.3. The molecule has 0 unspecified atom stereocenters. The van der Waals surface area contributed by atoms with E-state index in [0.29, 0.717) is 0 Å². The third-order valence-electron chi connectivity index (χ3n) is 7.40. The molecule has 0 N–H and O–H groups in total. The fraction of sp³-hybridized carbons (Fsp3) is 0.667. The number of benzene rings is 2. The van der Waals surface area contributed by atoms with E-state index in [9.17, 15) is 0 Å². The zero-order valence-corrected chi connectivity index (χ0v) is 28.5. The second-order valence-corrected chi connectivity index (χ2v) is 16.0. The van der Waals surface area contributed by atoms with Crippen LogP contribution in [0.25, 0.3) is 0 Å². The van der Waals surface area contributed by atoms with E-state index in [1.54, 1.807) is 0 Å². The monoisotopic (exact) mass is 548 g/mol. The van der Waals surface area contributed by atoms with Crippen molar-refractivity contribution in [2.24, 2.45) is 0 Å². The second kappa shape index (κ2) is 13.5. The van der Waals surface area contributed by atoms with Gasteiger partial charge >= 0.3 is 0 Å². The predicted molar refractivity (Wildman–Crippen MR) is 171 cm³/mol. The van der Waals surface area contributed by atoms with Crippen LogP contribution >= 0.6 is 0 Å². The lowest BCUT2D eigenvalue weighted by Crippen LogP contribution is -2.30. The minimum atomic E-state index is -0.360. The van der Waals surface area contributed by atoms with Crippen molar-refractivity contribution < 1.29 is 9.47 Å². The molecule has 0 bridgehead atoms. The van der Waals surface area contributed by atoms with Gasteiger partial charge in [-0.15, -0.1) is 5.28 Å². The molecule has 0 saturated carbocycles. The number of hydrogen-bond acceptors (Lipinski definition) is 2. The van der Waals surface area contributed by atoms with Crippen molar-refractivity contribution in [3.8, 4) is 11.5 Å². The van der Waals surface area contributed by atoms with Gasteiger partial charge in [0.05, 0.1) is 0 Å². The summed E-state index contributed by atoms with van der Waals surface area (Å²) in [6.07, 6.45) is 6.63. The van der Waals surface area contributed by atoms with Crippen LogP contribution in [0.15, 0.2) is 36.4 Å². The molecule has 2 rings (SSSR count). The molecule has 0 aliphatic rings. The smallest absolute Gasteiger partial charge is 0.241 e. The van der Waals surface area contributed by atoms with Gasteiger partial charge in [0.25, 0.3) is 0 Å². The summed E-state index contributed by atoms with van der Waals surface area (Å²) < 4.78 is 14.1. The van der Waals surface area contributed by atoms with Crippen molar-refractivity contribution in [2.45, 2.75) is 155 Å². The normalized spacial score (nSPS) is 13.2. The Morgan fingerprint density at radius 3 is 1.13 bits per heavy atom. The summed E-state index contributed by atoms with van der Waals surface area (Å²) in [5, 5.41) is 1.19. The Morgan fingerprint density at radius 2 is 0.821 bits per heavy atom. The summed E-state index contributed by atoms with van der Waals surface area (Å²) in [5.74, 6) is 1.99. The minimum absolute atomic E-state index is 0.0425. The number of rotatable bonds is 11. The van der Waals surface area contributed by atoms with Crippen LogP contribution in [-0.2, 0) is 21.7 Å². The Balaban J connectivity index is 2.61. The van der Waals surface area contributed by atoms with Crippen LogP contribution < -0.4 is 9.47 Å². The van der Waals surface area contributed by atoms with Crippen LogP contribution in [0.3, 0.4) is 0 Å². The molecular weight excluding hydrogens is 491 g/mol. The highest BCUT2D eigenvalue weighted by molar-refractivity contribution is 6.08. The highest BCUT2D eigenvalue weighted by atomic mass is 27.0. The van der Waals surface area contributed by atoms with Gasteiger partial charge in [-0.05, 0) is 50.3 Å². The average molecular weight is 549 g/mol. The maximum Gasteiger partial charge on any atom is 0.241 e. The fourth-order valence-corrected chi connectivity index (χ4v) is 5.37.